The molecular weight excluding hydrogens is 548 g/mol. The van der Waals surface area contributed by atoms with E-state index in [4.69, 9.17) is 18.9 Å². The highest BCUT2D eigenvalue weighted by atomic mass is 16.8. The number of benzene rings is 3. The van der Waals surface area contributed by atoms with Gasteiger partial charge in [0.2, 0.25) is 5.79 Å². The van der Waals surface area contributed by atoms with E-state index in [2.05, 4.69) is 0 Å². The maximum Gasteiger partial charge on any atom is 0.224 e. The smallest absolute Gasteiger partial charge is 0.224 e. The van der Waals surface area contributed by atoms with Crippen molar-refractivity contribution in [1.82, 2.24) is 0 Å². The summed E-state index contributed by atoms with van der Waals surface area (Å²) >= 11 is 0. The fourth-order valence-electron chi connectivity index (χ4n) is 5.59. The molecule has 11 nitrogen and oxygen atoms in total. The minimum atomic E-state index is -2.25. The van der Waals surface area contributed by atoms with Crippen molar-refractivity contribution in [3.63, 3.8) is 0 Å². The number of hydrogen-bond acceptors (Lipinski definition) is 11. The zero-order chi connectivity index (χ0) is 29.9. The van der Waals surface area contributed by atoms with Crippen LogP contribution in [0.2, 0.25) is 0 Å². The topological polar surface area (TPSA) is 179 Å². The van der Waals surface area contributed by atoms with Crippen LogP contribution in [0.15, 0.2) is 91.0 Å². The van der Waals surface area contributed by atoms with Gasteiger partial charge in [-0.3, -0.25) is 0 Å². The molecule has 0 unspecified atom stereocenters. The van der Waals surface area contributed by atoms with Crippen molar-refractivity contribution in [2.45, 2.75) is 60.4 Å². The molecule has 0 aromatic heterocycles. The number of ether oxygens (including phenoxy) is 4. The Labute approximate surface area is 242 Å². The highest BCUT2D eigenvalue weighted by Crippen LogP contribution is 2.44. The molecule has 0 saturated carbocycles. The van der Waals surface area contributed by atoms with Gasteiger partial charge in [0.15, 0.2) is 6.29 Å². The largest absolute Gasteiger partial charge is 0.394 e. The molecule has 11 heteroatoms. The molecule has 9 atom stereocenters. The summed E-state index contributed by atoms with van der Waals surface area (Å²) in [5.41, 5.74) is 0.854. The lowest BCUT2D eigenvalue weighted by atomic mass is 9.80. The molecule has 0 aliphatic carbocycles. The molecule has 0 amide bonds. The van der Waals surface area contributed by atoms with E-state index in [1.165, 1.54) is 0 Å². The van der Waals surface area contributed by atoms with Gasteiger partial charge in [-0.25, -0.2) is 0 Å². The van der Waals surface area contributed by atoms with E-state index >= 15 is 0 Å². The van der Waals surface area contributed by atoms with E-state index in [0.29, 0.717) is 0 Å². The minimum Gasteiger partial charge on any atom is -0.394 e. The van der Waals surface area contributed by atoms with Gasteiger partial charge in [-0.2, -0.15) is 0 Å². The molecular formula is C31H36O11. The lowest BCUT2D eigenvalue weighted by Gasteiger charge is -2.45. The molecule has 3 aromatic rings. The summed E-state index contributed by atoms with van der Waals surface area (Å²) in [6.45, 7) is -1.96. The van der Waals surface area contributed by atoms with Gasteiger partial charge >= 0.3 is 0 Å². The number of hydrogen-bond donors (Lipinski definition) is 7. The summed E-state index contributed by atoms with van der Waals surface area (Å²) in [4.78, 5) is 0. The summed E-state index contributed by atoms with van der Waals surface area (Å²) in [7, 11) is 0. The van der Waals surface area contributed by atoms with E-state index in [9.17, 15) is 35.7 Å². The third-order valence-electron chi connectivity index (χ3n) is 7.88. The fourth-order valence-corrected chi connectivity index (χ4v) is 5.59. The van der Waals surface area contributed by atoms with E-state index in [-0.39, 0.29) is 0 Å². The normalized spacial score (nSPS) is 33.5. The molecule has 2 fully saturated rings. The van der Waals surface area contributed by atoms with Gasteiger partial charge in [-0.05, 0) is 16.7 Å². The Balaban J connectivity index is 1.59. The zero-order valence-corrected chi connectivity index (χ0v) is 22.7. The average molecular weight is 585 g/mol. The average Bonchev–Trinajstić information content (AvgIpc) is 3.28. The van der Waals surface area contributed by atoms with Gasteiger partial charge in [0.05, 0.1) is 13.2 Å². The Morgan fingerprint density at radius 1 is 0.619 bits per heavy atom. The molecule has 2 aliphatic heterocycles. The summed E-state index contributed by atoms with van der Waals surface area (Å²) in [5, 5.41) is 72.9. The Hall–Kier alpha value is -2.78. The Kier molecular flexibility index (Phi) is 9.38. The van der Waals surface area contributed by atoms with Crippen molar-refractivity contribution in [2.24, 2.45) is 0 Å². The first kappa shape index (κ1) is 30.7. The Bertz CT molecular complexity index is 1160. The van der Waals surface area contributed by atoms with Gasteiger partial charge in [-0.15, -0.1) is 0 Å². The maximum atomic E-state index is 11.3. The molecule has 0 spiro atoms. The van der Waals surface area contributed by atoms with Crippen molar-refractivity contribution in [1.29, 1.82) is 0 Å². The van der Waals surface area contributed by atoms with Crippen molar-refractivity contribution in [3.8, 4) is 0 Å². The minimum absolute atomic E-state index is 0.574. The third-order valence-corrected chi connectivity index (χ3v) is 7.88. The highest BCUT2D eigenvalue weighted by molar-refractivity contribution is 5.47. The molecule has 2 heterocycles. The van der Waals surface area contributed by atoms with Crippen LogP contribution in [-0.2, 0) is 24.5 Å². The van der Waals surface area contributed by atoms with E-state index in [0.717, 1.165) is 16.7 Å². The Morgan fingerprint density at radius 3 is 1.52 bits per heavy atom. The van der Waals surface area contributed by atoms with Crippen LogP contribution < -0.4 is 0 Å². The molecule has 7 N–H and O–H groups in total. The Morgan fingerprint density at radius 2 is 1.10 bits per heavy atom. The second kappa shape index (κ2) is 12.8. The van der Waals surface area contributed by atoms with Crippen molar-refractivity contribution in [2.75, 3.05) is 19.8 Å². The van der Waals surface area contributed by atoms with Gasteiger partial charge in [0.25, 0.3) is 0 Å². The van der Waals surface area contributed by atoms with Crippen molar-refractivity contribution in [3.05, 3.63) is 108 Å². The molecule has 226 valence electrons. The van der Waals surface area contributed by atoms with Crippen LogP contribution in [0.4, 0.5) is 0 Å². The van der Waals surface area contributed by atoms with Crippen molar-refractivity contribution >= 4 is 0 Å². The summed E-state index contributed by atoms with van der Waals surface area (Å²) < 4.78 is 24.2. The fraction of sp³-hybridized carbons (Fsp3) is 0.419. The van der Waals surface area contributed by atoms with Crippen molar-refractivity contribution < 1.29 is 54.7 Å². The van der Waals surface area contributed by atoms with E-state index in [1.54, 1.807) is 0 Å². The first-order valence-electron chi connectivity index (χ1n) is 13.7. The molecule has 0 radical (unpaired) electrons. The monoisotopic (exact) mass is 584 g/mol. The second-order valence-electron chi connectivity index (χ2n) is 10.5. The van der Waals surface area contributed by atoms with Crippen LogP contribution in [0.5, 0.6) is 0 Å². The van der Waals surface area contributed by atoms with Crippen LogP contribution in [0.1, 0.15) is 16.7 Å². The second-order valence-corrected chi connectivity index (χ2v) is 10.5. The standard InChI is InChI=1S/C31H36O11/c32-16-22-24(34)26(36)27(37)29(40-22)42-30(28(38)25(35)23(17-33)41-30)18-39-31(19-10-4-1-5-11-19,20-12-6-2-7-13-20)21-14-8-3-9-15-21/h1-15,22-29,32-38H,16-18H2/t22-,23-,24-,25-,26+,27-,28+,29-,30+/m1/s1. The van der Waals surface area contributed by atoms with Gasteiger partial charge in [-0.1, -0.05) is 91.0 Å². The van der Waals surface area contributed by atoms with Crippen LogP contribution >= 0.6 is 0 Å². The molecule has 0 bridgehead atoms. The first-order chi connectivity index (χ1) is 20.3. The van der Waals surface area contributed by atoms with Crippen LogP contribution in [0, 0.1) is 0 Å². The SMILES string of the molecule is OC[C@H]1O[C@@](COC(c2ccccc2)(c2ccccc2)c2ccccc2)(O[C@H]2O[C@H](CO)[C@@H](O)[C@H](O)[C@H]2O)[C@@H](O)[C@@H]1O. The van der Waals surface area contributed by atoms with Gasteiger partial charge < -0.3 is 54.7 Å². The number of aliphatic hydroxyl groups is 7. The molecule has 2 saturated heterocycles. The third kappa shape index (κ3) is 5.50. The molecule has 3 aromatic carbocycles. The summed E-state index contributed by atoms with van der Waals surface area (Å²) in [6, 6.07) is 28.0. The lowest BCUT2D eigenvalue weighted by molar-refractivity contribution is -0.388. The molecule has 5 rings (SSSR count). The molecule has 2 aliphatic rings. The predicted octanol–water partition coefficient (Wildman–Crippen LogP) is -0.379. The zero-order valence-electron chi connectivity index (χ0n) is 22.7. The lowest BCUT2D eigenvalue weighted by Crippen LogP contribution is -2.63. The van der Waals surface area contributed by atoms with Crippen LogP contribution in [0.25, 0.3) is 0 Å². The first-order valence-corrected chi connectivity index (χ1v) is 13.7. The number of rotatable bonds is 10. The summed E-state index contributed by atoms with van der Waals surface area (Å²) in [6.07, 6.45) is -13.0. The van der Waals surface area contributed by atoms with Gasteiger partial charge in [0.1, 0.15) is 54.9 Å². The number of aliphatic hydroxyl groups excluding tert-OH is 7. The van der Waals surface area contributed by atoms with E-state index in [1.807, 2.05) is 91.0 Å². The van der Waals surface area contributed by atoms with Crippen LogP contribution in [0.3, 0.4) is 0 Å². The quantitative estimate of drug-likeness (QED) is 0.155. The van der Waals surface area contributed by atoms with Gasteiger partial charge in [0, 0.05) is 0 Å². The maximum absolute atomic E-state index is 11.3. The predicted molar refractivity (Wildman–Crippen MR) is 147 cm³/mol. The summed E-state index contributed by atoms with van der Waals surface area (Å²) in [5.74, 6) is -2.25. The van der Waals surface area contributed by atoms with E-state index < -0.39 is 80.2 Å². The highest BCUT2D eigenvalue weighted by Gasteiger charge is 2.59. The molecule has 42 heavy (non-hydrogen) atoms. The van der Waals surface area contributed by atoms with Crippen LogP contribution in [-0.4, -0.2) is 110 Å².